The van der Waals surface area contributed by atoms with Crippen molar-refractivity contribution in [1.29, 1.82) is 0 Å². The summed E-state index contributed by atoms with van der Waals surface area (Å²) < 4.78 is 4.98. The zero-order chi connectivity index (χ0) is 19.2. The Morgan fingerprint density at radius 2 is 2.11 bits per heavy atom. The van der Waals surface area contributed by atoms with E-state index >= 15 is 0 Å². The SMILES string of the molecule is CCOC(=O)c1sc(NC(=O)CSc2cc(N3CCCC3)ncn2)nc1C. The molecule has 1 aliphatic rings. The Labute approximate surface area is 165 Å². The lowest BCUT2D eigenvalue weighted by atomic mass is 10.4. The topological polar surface area (TPSA) is 97.3 Å². The molecule has 2 aromatic heterocycles. The molecule has 27 heavy (non-hydrogen) atoms. The maximum absolute atomic E-state index is 12.2. The number of aromatic nitrogens is 3. The van der Waals surface area contributed by atoms with Gasteiger partial charge in [-0.15, -0.1) is 0 Å². The Kier molecular flexibility index (Phi) is 6.62. The van der Waals surface area contributed by atoms with Gasteiger partial charge < -0.3 is 15.0 Å². The summed E-state index contributed by atoms with van der Waals surface area (Å²) in [5, 5.41) is 3.87. The van der Waals surface area contributed by atoms with Crippen LogP contribution in [-0.2, 0) is 9.53 Å². The summed E-state index contributed by atoms with van der Waals surface area (Å²) in [5.41, 5.74) is 0.549. The Morgan fingerprint density at radius 3 is 2.85 bits per heavy atom. The molecule has 10 heteroatoms. The number of nitrogens with zero attached hydrogens (tertiary/aromatic N) is 4. The highest BCUT2D eigenvalue weighted by Gasteiger charge is 2.18. The Balaban J connectivity index is 1.55. The van der Waals surface area contributed by atoms with Gasteiger partial charge in [0.2, 0.25) is 5.91 Å². The van der Waals surface area contributed by atoms with Gasteiger partial charge in [0.05, 0.1) is 18.1 Å². The molecule has 3 rings (SSSR count). The summed E-state index contributed by atoms with van der Waals surface area (Å²) >= 11 is 2.46. The van der Waals surface area contributed by atoms with E-state index in [4.69, 9.17) is 4.74 Å². The highest BCUT2D eigenvalue weighted by atomic mass is 32.2. The van der Waals surface area contributed by atoms with Crippen molar-refractivity contribution < 1.29 is 14.3 Å². The Bertz CT molecular complexity index is 821. The van der Waals surface area contributed by atoms with Crippen molar-refractivity contribution in [3.63, 3.8) is 0 Å². The molecule has 0 aliphatic carbocycles. The first-order valence-electron chi connectivity index (χ1n) is 8.71. The second-order valence-corrected chi connectivity index (χ2v) is 7.89. The van der Waals surface area contributed by atoms with E-state index in [0.717, 1.165) is 35.3 Å². The highest BCUT2D eigenvalue weighted by Crippen LogP contribution is 2.25. The Morgan fingerprint density at radius 1 is 1.33 bits per heavy atom. The minimum absolute atomic E-state index is 0.198. The predicted octanol–water partition coefficient (Wildman–Crippen LogP) is 2.75. The average molecular weight is 408 g/mol. The fourth-order valence-electron chi connectivity index (χ4n) is 2.66. The molecule has 2 aromatic rings. The molecular formula is C17H21N5O3S2. The van der Waals surface area contributed by atoms with E-state index in [1.807, 2.05) is 6.07 Å². The number of amides is 1. The van der Waals surface area contributed by atoms with Crippen LogP contribution in [0.4, 0.5) is 10.9 Å². The molecule has 1 aliphatic heterocycles. The largest absolute Gasteiger partial charge is 0.462 e. The van der Waals surface area contributed by atoms with Crippen LogP contribution >= 0.6 is 23.1 Å². The van der Waals surface area contributed by atoms with Crippen molar-refractivity contribution in [3.8, 4) is 0 Å². The van der Waals surface area contributed by atoms with Crippen molar-refractivity contribution in [2.45, 2.75) is 31.7 Å². The first kappa shape index (κ1) is 19.6. The van der Waals surface area contributed by atoms with E-state index in [2.05, 4.69) is 25.2 Å². The summed E-state index contributed by atoms with van der Waals surface area (Å²) in [5.74, 6) is 0.479. The first-order chi connectivity index (χ1) is 13.1. The number of anilines is 2. The van der Waals surface area contributed by atoms with Crippen LogP contribution in [0.25, 0.3) is 0 Å². The second kappa shape index (κ2) is 9.14. The molecule has 1 amide bonds. The van der Waals surface area contributed by atoms with Crippen LogP contribution < -0.4 is 10.2 Å². The maximum Gasteiger partial charge on any atom is 0.350 e. The van der Waals surface area contributed by atoms with Gasteiger partial charge in [-0.1, -0.05) is 23.1 Å². The second-order valence-electron chi connectivity index (χ2n) is 5.90. The normalized spacial score (nSPS) is 13.6. The number of carbonyl (C=O) groups is 2. The summed E-state index contributed by atoms with van der Waals surface area (Å²) in [6.45, 7) is 5.78. The minimum atomic E-state index is -0.419. The van der Waals surface area contributed by atoms with Gasteiger partial charge in [-0.2, -0.15) is 0 Å². The molecule has 144 valence electrons. The van der Waals surface area contributed by atoms with Crippen molar-refractivity contribution in [2.24, 2.45) is 0 Å². The van der Waals surface area contributed by atoms with Gasteiger partial charge in [0.1, 0.15) is 22.0 Å². The van der Waals surface area contributed by atoms with Crippen LogP contribution in [0.1, 0.15) is 35.1 Å². The maximum atomic E-state index is 12.2. The van der Waals surface area contributed by atoms with Crippen LogP contribution in [0.3, 0.4) is 0 Å². The van der Waals surface area contributed by atoms with Gasteiger partial charge in [0.15, 0.2) is 5.13 Å². The zero-order valence-electron chi connectivity index (χ0n) is 15.2. The highest BCUT2D eigenvalue weighted by molar-refractivity contribution is 7.99. The third-order valence-corrected chi connectivity index (χ3v) is 5.89. The number of thiazole rings is 1. The van der Waals surface area contributed by atoms with Crippen LogP contribution in [-0.4, -0.2) is 52.3 Å². The van der Waals surface area contributed by atoms with Crippen LogP contribution in [0.15, 0.2) is 17.4 Å². The van der Waals surface area contributed by atoms with Crippen molar-refractivity contribution in [3.05, 3.63) is 23.0 Å². The molecule has 0 atom stereocenters. The van der Waals surface area contributed by atoms with E-state index in [0.29, 0.717) is 22.3 Å². The predicted molar refractivity (Wildman–Crippen MR) is 106 cm³/mol. The first-order valence-corrected chi connectivity index (χ1v) is 10.5. The number of rotatable bonds is 7. The molecule has 0 bridgehead atoms. The number of nitrogens with one attached hydrogen (secondary N) is 1. The molecule has 0 radical (unpaired) electrons. The van der Waals surface area contributed by atoms with Crippen molar-refractivity contribution in [2.75, 3.05) is 35.7 Å². The number of ether oxygens (including phenoxy) is 1. The monoisotopic (exact) mass is 407 g/mol. The average Bonchev–Trinajstić information content (AvgIpc) is 3.30. The van der Waals surface area contributed by atoms with E-state index < -0.39 is 5.97 Å². The van der Waals surface area contributed by atoms with Gasteiger partial charge in [0, 0.05) is 19.2 Å². The molecule has 0 aromatic carbocycles. The van der Waals surface area contributed by atoms with Gasteiger partial charge >= 0.3 is 5.97 Å². The van der Waals surface area contributed by atoms with Gasteiger partial charge in [-0.25, -0.2) is 19.7 Å². The van der Waals surface area contributed by atoms with Crippen molar-refractivity contribution in [1.82, 2.24) is 15.0 Å². The van der Waals surface area contributed by atoms with Crippen LogP contribution in [0, 0.1) is 6.92 Å². The molecule has 1 N–H and O–H groups in total. The number of aryl methyl sites for hydroxylation is 1. The number of thioether (sulfide) groups is 1. The lowest BCUT2D eigenvalue weighted by Gasteiger charge is -2.16. The van der Waals surface area contributed by atoms with Crippen molar-refractivity contribution >= 4 is 45.9 Å². The zero-order valence-corrected chi connectivity index (χ0v) is 16.9. The lowest BCUT2D eigenvalue weighted by Crippen LogP contribution is -2.19. The smallest absolute Gasteiger partial charge is 0.350 e. The van der Waals surface area contributed by atoms with Gasteiger partial charge in [-0.3, -0.25) is 4.79 Å². The van der Waals surface area contributed by atoms with Gasteiger partial charge in [0.25, 0.3) is 0 Å². The van der Waals surface area contributed by atoms with Crippen LogP contribution in [0.2, 0.25) is 0 Å². The number of esters is 1. The third kappa shape index (κ3) is 5.16. The summed E-state index contributed by atoms with van der Waals surface area (Å²) in [6, 6.07) is 1.91. The van der Waals surface area contributed by atoms with E-state index in [9.17, 15) is 9.59 Å². The fourth-order valence-corrected chi connectivity index (χ4v) is 4.20. The lowest BCUT2D eigenvalue weighted by molar-refractivity contribution is -0.113. The molecule has 1 saturated heterocycles. The molecular weight excluding hydrogens is 386 g/mol. The summed E-state index contributed by atoms with van der Waals surface area (Å²) in [4.78, 5) is 39.4. The number of hydrogen-bond donors (Lipinski definition) is 1. The molecule has 0 unspecified atom stereocenters. The quantitative estimate of drug-likeness (QED) is 0.425. The molecule has 0 spiro atoms. The Hall–Kier alpha value is -2.20. The van der Waals surface area contributed by atoms with E-state index in [-0.39, 0.29) is 11.7 Å². The molecule has 8 nitrogen and oxygen atoms in total. The molecule has 1 fully saturated rings. The molecule has 0 saturated carbocycles. The summed E-state index contributed by atoms with van der Waals surface area (Å²) in [6.07, 6.45) is 3.88. The molecule has 3 heterocycles. The summed E-state index contributed by atoms with van der Waals surface area (Å²) in [7, 11) is 0. The fraction of sp³-hybridized carbons (Fsp3) is 0.471. The third-order valence-electron chi connectivity index (χ3n) is 3.91. The van der Waals surface area contributed by atoms with E-state index in [1.54, 1.807) is 13.8 Å². The standard InChI is InChI=1S/C17H21N5O3S2/c1-3-25-16(24)15-11(2)20-17(27-15)21-13(23)9-26-14-8-12(18-10-19-14)22-6-4-5-7-22/h8,10H,3-7,9H2,1-2H3,(H,20,21,23). The number of hydrogen-bond acceptors (Lipinski definition) is 9. The minimum Gasteiger partial charge on any atom is -0.462 e. The number of carbonyl (C=O) groups excluding carboxylic acids is 2. The van der Waals surface area contributed by atoms with Gasteiger partial charge in [-0.05, 0) is 26.7 Å². The van der Waals surface area contributed by atoms with E-state index in [1.165, 1.54) is 30.9 Å². The van der Waals surface area contributed by atoms with Crippen LogP contribution in [0.5, 0.6) is 0 Å².